The first kappa shape index (κ1) is 17.1. The molecule has 1 amide bonds. The second kappa shape index (κ2) is 7.47. The number of piperazine rings is 1. The second-order valence-corrected chi connectivity index (χ2v) is 6.22. The normalized spacial score (nSPS) is 14.4. The molecule has 0 saturated carbocycles. The fourth-order valence-corrected chi connectivity index (χ4v) is 3.04. The molecule has 1 heterocycles. The number of anilines is 1. The first-order valence-electron chi connectivity index (χ1n) is 8.44. The van der Waals surface area contributed by atoms with E-state index in [4.69, 9.17) is 9.47 Å². The van der Waals surface area contributed by atoms with E-state index in [0.717, 1.165) is 13.1 Å². The average Bonchev–Trinajstić information content (AvgIpc) is 2.67. The number of carbonyl (C=O) groups is 1. The van der Waals surface area contributed by atoms with Gasteiger partial charge in [0.15, 0.2) is 0 Å². The Bertz CT molecular complexity index is 713. The summed E-state index contributed by atoms with van der Waals surface area (Å²) in [6, 6.07) is 13.8. The zero-order valence-electron chi connectivity index (χ0n) is 15.0. The molecule has 1 fully saturated rings. The van der Waals surface area contributed by atoms with E-state index >= 15 is 0 Å². The van der Waals surface area contributed by atoms with Crippen molar-refractivity contribution in [2.75, 3.05) is 45.3 Å². The van der Waals surface area contributed by atoms with E-state index in [1.54, 1.807) is 32.4 Å². The van der Waals surface area contributed by atoms with Crippen LogP contribution in [-0.4, -0.2) is 51.2 Å². The summed E-state index contributed by atoms with van der Waals surface area (Å²) in [6.07, 6.45) is 0. The van der Waals surface area contributed by atoms with Crippen LogP contribution >= 0.6 is 0 Å². The summed E-state index contributed by atoms with van der Waals surface area (Å²) >= 11 is 0. The number of ether oxygens (including phenoxy) is 2. The van der Waals surface area contributed by atoms with Gasteiger partial charge in [0.2, 0.25) is 0 Å². The highest BCUT2D eigenvalue weighted by atomic mass is 16.5. The quantitative estimate of drug-likeness (QED) is 0.858. The summed E-state index contributed by atoms with van der Waals surface area (Å²) in [7, 11) is 3.17. The van der Waals surface area contributed by atoms with E-state index in [-0.39, 0.29) is 5.91 Å². The zero-order chi connectivity index (χ0) is 17.8. The molecular weight excluding hydrogens is 316 g/mol. The Morgan fingerprint density at radius 2 is 1.44 bits per heavy atom. The van der Waals surface area contributed by atoms with Crippen molar-refractivity contribution in [1.82, 2.24) is 4.90 Å². The van der Waals surface area contributed by atoms with E-state index in [1.165, 1.54) is 11.3 Å². The molecular formula is C20H24N2O3. The molecule has 0 atom stereocenters. The first-order chi connectivity index (χ1) is 12.1. The summed E-state index contributed by atoms with van der Waals surface area (Å²) in [5.74, 6) is 1.27. The molecule has 2 aromatic rings. The van der Waals surface area contributed by atoms with Crippen LogP contribution in [0.3, 0.4) is 0 Å². The monoisotopic (exact) mass is 340 g/mol. The largest absolute Gasteiger partial charge is 0.497 e. The molecule has 0 spiro atoms. The molecule has 5 nitrogen and oxygen atoms in total. The van der Waals surface area contributed by atoms with Crippen LogP contribution in [-0.2, 0) is 0 Å². The van der Waals surface area contributed by atoms with Crippen LogP contribution in [0, 0.1) is 6.92 Å². The van der Waals surface area contributed by atoms with Gasteiger partial charge in [0, 0.05) is 43.5 Å². The third-order valence-corrected chi connectivity index (χ3v) is 4.56. The highest BCUT2D eigenvalue weighted by Crippen LogP contribution is 2.24. The van der Waals surface area contributed by atoms with Crippen LogP contribution in [0.1, 0.15) is 15.9 Å². The molecule has 5 heteroatoms. The predicted molar refractivity (Wildman–Crippen MR) is 98.8 cm³/mol. The smallest absolute Gasteiger partial charge is 0.254 e. The summed E-state index contributed by atoms with van der Waals surface area (Å²) < 4.78 is 10.5. The number of methoxy groups -OCH3 is 2. The lowest BCUT2D eigenvalue weighted by atomic mass is 10.1. The van der Waals surface area contributed by atoms with Crippen LogP contribution in [0.15, 0.2) is 42.5 Å². The maximum atomic E-state index is 12.8. The minimum absolute atomic E-state index is 0.0146. The van der Waals surface area contributed by atoms with Gasteiger partial charge in [-0.15, -0.1) is 0 Å². The summed E-state index contributed by atoms with van der Waals surface area (Å²) in [5.41, 5.74) is 3.06. The van der Waals surface area contributed by atoms with E-state index in [2.05, 4.69) is 36.1 Å². The van der Waals surface area contributed by atoms with Gasteiger partial charge in [-0.3, -0.25) is 4.79 Å². The lowest BCUT2D eigenvalue weighted by molar-refractivity contribution is 0.0746. The Morgan fingerprint density at radius 1 is 0.880 bits per heavy atom. The lowest BCUT2D eigenvalue weighted by Crippen LogP contribution is -2.48. The van der Waals surface area contributed by atoms with Crippen LogP contribution in [0.5, 0.6) is 11.5 Å². The molecule has 1 saturated heterocycles. The van der Waals surface area contributed by atoms with E-state index in [9.17, 15) is 4.79 Å². The van der Waals surface area contributed by atoms with Gasteiger partial charge in [-0.25, -0.2) is 0 Å². The van der Waals surface area contributed by atoms with Gasteiger partial charge in [-0.1, -0.05) is 17.7 Å². The van der Waals surface area contributed by atoms with Crippen LogP contribution < -0.4 is 14.4 Å². The molecule has 0 radical (unpaired) electrons. The van der Waals surface area contributed by atoms with Gasteiger partial charge in [0.25, 0.3) is 5.91 Å². The third-order valence-electron chi connectivity index (χ3n) is 4.56. The van der Waals surface area contributed by atoms with Crippen molar-refractivity contribution >= 4 is 11.6 Å². The summed E-state index contributed by atoms with van der Waals surface area (Å²) in [5, 5.41) is 0. The fraction of sp³-hybridized carbons (Fsp3) is 0.350. The summed E-state index contributed by atoms with van der Waals surface area (Å²) in [6.45, 7) is 5.15. The topological polar surface area (TPSA) is 42.0 Å². The highest BCUT2D eigenvalue weighted by Gasteiger charge is 2.23. The molecule has 0 N–H and O–H groups in total. The van der Waals surface area contributed by atoms with Crippen molar-refractivity contribution in [2.45, 2.75) is 6.92 Å². The second-order valence-electron chi connectivity index (χ2n) is 6.22. The average molecular weight is 340 g/mol. The van der Waals surface area contributed by atoms with Crippen molar-refractivity contribution in [2.24, 2.45) is 0 Å². The zero-order valence-corrected chi connectivity index (χ0v) is 15.0. The number of carbonyl (C=O) groups excluding carboxylic acids is 1. The number of hydrogen-bond donors (Lipinski definition) is 0. The highest BCUT2D eigenvalue weighted by molar-refractivity contribution is 5.95. The van der Waals surface area contributed by atoms with E-state index < -0.39 is 0 Å². The van der Waals surface area contributed by atoms with E-state index in [0.29, 0.717) is 30.2 Å². The molecule has 132 valence electrons. The van der Waals surface area contributed by atoms with Gasteiger partial charge >= 0.3 is 0 Å². The van der Waals surface area contributed by atoms with Gasteiger partial charge in [-0.2, -0.15) is 0 Å². The van der Waals surface area contributed by atoms with Gasteiger partial charge in [0.05, 0.1) is 14.2 Å². The van der Waals surface area contributed by atoms with Crippen molar-refractivity contribution in [3.05, 3.63) is 53.6 Å². The number of benzene rings is 2. The number of amides is 1. The van der Waals surface area contributed by atoms with Gasteiger partial charge < -0.3 is 19.3 Å². The van der Waals surface area contributed by atoms with Gasteiger partial charge in [-0.05, 0) is 31.2 Å². The minimum atomic E-state index is 0.0146. The molecule has 0 aliphatic carbocycles. The van der Waals surface area contributed by atoms with Crippen molar-refractivity contribution in [3.8, 4) is 11.5 Å². The molecule has 1 aliphatic heterocycles. The first-order valence-corrected chi connectivity index (χ1v) is 8.44. The third kappa shape index (κ3) is 3.87. The molecule has 0 unspecified atom stereocenters. The van der Waals surface area contributed by atoms with Crippen LogP contribution in [0.2, 0.25) is 0 Å². The maximum Gasteiger partial charge on any atom is 0.254 e. The Hall–Kier alpha value is -2.69. The lowest BCUT2D eigenvalue weighted by Gasteiger charge is -2.36. The molecule has 0 aromatic heterocycles. The Balaban J connectivity index is 1.68. The van der Waals surface area contributed by atoms with Crippen LogP contribution in [0.25, 0.3) is 0 Å². The minimum Gasteiger partial charge on any atom is -0.497 e. The molecule has 25 heavy (non-hydrogen) atoms. The fourth-order valence-electron chi connectivity index (χ4n) is 3.04. The Labute approximate surface area is 148 Å². The number of rotatable bonds is 4. The number of aryl methyl sites for hydroxylation is 1. The molecule has 0 bridgehead atoms. The van der Waals surface area contributed by atoms with Crippen molar-refractivity contribution in [3.63, 3.8) is 0 Å². The Morgan fingerprint density at radius 3 is 1.96 bits per heavy atom. The van der Waals surface area contributed by atoms with Crippen molar-refractivity contribution in [1.29, 1.82) is 0 Å². The van der Waals surface area contributed by atoms with Crippen molar-refractivity contribution < 1.29 is 14.3 Å². The molecule has 1 aliphatic rings. The summed E-state index contributed by atoms with van der Waals surface area (Å²) in [4.78, 5) is 17.0. The van der Waals surface area contributed by atoms with E-state index in [1.807, 2.05) is 4.90 Å². The maximum absolute atomic E-state index is 12.8. The Kier molecular flexibility index (Phi) is 5.12. The number of nitrogens with zero attached hydrogens (tertiary/aromatic N) is 2. The predicted octanol–water partition coefficient (Wildman–Crippen LogP) is 2.97. The van der Waals surface area contributed by atoms with Crippen LogP contribution in [0.4, 0.5) is 5.69 Å². The number of hydrogen-bond acceptors (Lipinski definition) is 4. The SMILES string of the molecule is COc1cc(OC)cc(C(=O)N2CCN(c3ccc(C)cc3)CC2)c1. The standard InChI is InChI=1S/C20H24N2O3/c1-15-4-6-17(7-5-15)21-8-10-22(11-9-21)20(23)16-12-18(24-2)14-19(13-16)25-3/h4-7,12-14H,8-11H2,1-3H3. The molecule has 2 aromatic carbocycles. The molecule has 3 rings (SSSR count). The van der Waals surface area contributed by atoms with Gasteiger partial charge in [0.1, 0.15) is 11.5 Å².